The van der Waals surface area contributed by atoms with Crippen molar-refractivity contribution in [3.63, 3.8) is 0 Å². The molecule has 0 spiro atoms. The Balaban J connectivity index is 2.64. The van der Waals surface area contributed by atoms with E-state index in [2.05, 4.69) is 9.88 Å². The van der Waals surface area contributed by atoms with Gasteiger partial charge in [-0.1, -0.05) is 50.1 Å². The van der Waals surface area contributed by atoms with Crippen LogP contribution in [0.3, 0.4) is 0 Å². The number of nitrogens with zero attached hydrogens (tertiary/aromatic N) is 1. The van der Waals surface area contributed by atoms with E-state index >= 15 is 0 Å². The molecule has 1 aliphatic carbocycles. The Hall–Kier alpha value is -1.68. The molecule has 1 fully saturated rings. The van der Waals surface area contributed by atoms with Crippen LogP contribution in [0.25, 0.3) is 0 Å². The summed E-state index contributed by atoms with van der Waals surface area (Å²) in [6.07, 6.45) is 9.43. The molecule has 30 heavy (non-hydrogen) atoms. The van der Waals surface area contributed by atoms with E-state index in [1.165, 1.54) is 32.1 Å². The molecule has 0 aromatic heterocycles. The van der Waals surface area contributed by atoms with Gasteiger partial charge >= 0.3 is 11.9 Å². The zero-order valence-corrected chi connectivity index (χ0v) is 19.4. The number of nitrogens with two attached hydrogens (primary N) is 1. The van der Waals surface area contributed by atoms with Crippen molar-refractivity contribution in [3.8, 4) is 0 Å². The maximum absolute atomic E-state index is 12.5. The maximum Gasteiger partial charge on any atom is 0.338 e. The first-order valence-corrected chi connectivity index (χ1v) is 12.4. The zero-order chi connectivity index (χ0) is 22.8. The van der Waals surface area contributed by atoms with Gasteiger partial charge in [0.1, 0.15) is 5.60 Å². The van der Waals surface area contributed by atoms with Gasteiger partial charge in [-0.15, -0.1) is 0 Å². The van der Waals surface area contributed by atoms with Crippen LogP contribution < -0.4 is 10.5 Å². The van der Waals surface area contributed by atoms with Crippen LogP contribution in [0.5, 0.6) is 0 Å². The summed E-state index contributed by atoms with van der Waals surface area (Å²) >= 11 is 0. The molecule has 0 amide bonds. The third kappa shape index (κ3) is 12.8. The number of carbonyl (C=O) groups is 2. The fourth-order valence-electron chi connectivity index (χ4n) is 3.43. The van der Waals surface area contributed by atoms with Gasteiger partial charge < -0.3 is 15.3 Å². The average molecular weight is 448 g/mol. The highest BCUT2D eigenvalue weighted by molar-refractivity contribution is 7.88. The largest absolute Gasteiger partial charge is 0.460 e. The Kier molecular flexibility index (Phi) is 10.8. The molecule has 1 aliphatic rings. The summed E-state index contributed by atoms with van der Waals surface area (Å²) in [7, 11) is -3.44. The van der Waals surface area contributed by atoms with Gasteiger partial charge in [-0.05, 0) is 33.1 Å². The van der Waals surface area contributed by atoms with E-state index in [9.17, 15) is 18.0 Å². The smallest absolute Gasteiger partial charge is 0.338 e. The number of oxime groups is 1. The predicted octanol–water partition coefficient (Wildman–Crippen LogP) is 2.45. The molecule has 0 radical (unpaired) electrons. The second-order valence-electron chi connectivity index (χ2n) is 9.01. The highest BCUT2D eigenvalue weighted by atomic mass is 32.2. The van der Waals surface area contributed by atoms with E-state index in [4.69, 9.17) is 15.3 Å². The van der Waals surface area contributed by atoms with Crippen LogP contribution in [0.4, 0.5) is 0 Å². The van der Waals surface area contributed by atoms with Crippen molar-refractivity contribution in [2.24, 2.45) is 22.7 Å². The lowest BCUT2D eigenvalue weighted by atomic mass is 9.84. The van der Waals surface area contributed by atoms with Gasteiger partial charge in [0.15, 0.2) is 5.84 Å². The number of hydrogen-bond acceptors (Lipinski definition) is 7. The standard InChI is InChI=1S/C20H37N3O6S/c1-20(2,3)28-18(24)13-16(12-8-11-15-9-6-5-7-10-15)19(25)29-23-17(21)14-22-30(4,26)27/h15-16,22H,5-14H2,1-4H3,(H2,21,23). The van der Waals surface area contributed by atoms with Crippen LogP contribution in [-0.2, 0) is 29.2 Å². The number of sulfonamides is 1. The molecule has 1 saturated carbocycles. The fraction of sp³-hybridized carbons (Fsp3) is 0.850. The van der Waals surface area contributed by atoms with Gasteiger partial charge in [0.25, 0.3) is 0 Å². The molecule has 3 N–H and O–H groups in total. The van der Waals surface area contributed by atoms with Crippen LogP contribution in [0.2, 0.25) is 0 Å². The molecule has 1 atom stereocenters. The lowest BCUT2D eigenvalue weighted by molar-refractivity contribution is -0.161. The Morgan fingerprint density at radius 2 is 1.83 bits per heavy atom. The molecule has 0 bridgehead atoms. The second kappa shape index (κ2) is 12.2. The van der Waals surface area contributed by atoms with Gasteiger partial charge in [-0.25, -0.2) is 17.9 Å². The van der Waals surface area contributed by atoms with Crippen LogP contribution in [0.15, 0.2) is 5.16 Å². The third-order valence-corrected chi connectivity index (χ3v) is 5.49. The van der Waals surface area contributed by atoms with Crippen molar-refractivity contribution < 1.29 is 27.6 Å². The van der Waals surface area contributed by atoms with Gasteiger partial charge in [-0.3, -0.25) is 4.79 Å². The number of amidine groups is 1. The van der Waals surface area contributed by atoms with E-state index in [0.717, 1.165) is 19.1 Å². The zero-order valence-electron chi connectivity index (χ0n) is 18.6. The summed E-state index contributed by atoms with van der Waals surface area (Å²) in [5, 5.41) is 3.49. The average Bonchev–Trinajstić information content (AvgIpc) is 2.62. The minimum absolute atomic E-state index is 0.0994. The first-order valence-electron chi connectivity index (χ1n) is 10.6. The van der Waals surface area contributed by atoms with Gasteiger partial charge in [0.2, 0.25) is 10.0 Å². The molecule has 174 valence electrons. The quantitative estimate of drug-likeness (QED) is 0.163. The monoisotopic (exact) mass is 447 g/mol. The van der Waals surface area contributed by atoms with Crippen LogP contribution >= 0.6 is 0 Å². The number of nitrogens with one attached hydrogen (secondary N) is 1. The Labute approximate surface area is 180 Å². The third-order valence-electron chi connectivity index (χ3n) is 4.82. The molecule has 0 heterocycles. The Bertz CT molecular complexity index is 694. The van der Waals surface area contributed by atoms with Crippen LogP contribution in [-0.4, -0.2) is 44.6 Å². The number of esters is 1. The fourth-order valence-corrected chi connectivity index (χ4v) is 3.84. The van der Waals surface area contributed by atoms with E-state index in [0.29, 0.717) is 12.3 Å². The Morgan fingerprint density at radius 1 is 1.20 bits per heavy atom. The maximum atomic E-state index is 12.5. The summed E-state index contributed by atoms with van der Waals surface area (Å²) in [5.74, 6) is -1.35. The van der Waals surface area contributed by atoms with Gasteiger partial charge in [-0.2, -0.15) is 0 Å². The summed E-state index contributed by atoms with van der Waals surface area (Å²) in [4.78, 5) is 29.6. The summed E-state index contributed by atoms with van der Waals surface area (Å²) < 4.78 is 29.7. The second-order valence-corrected chi connectivity index (χ2v) is 10.8. The number of ether oxygens (including phenoxy) is 1. The minimum atomic E-state index is -3.44. The first kappa shape index (κ1) is 26.4. The molecule has 9 nitrogen and oxygen atoms in total. The van der Waals surface area contributed by atoms with Gasteiger partial charge in [0.05, 0.1) is 25.1 Å². The normalized spacial score (nSPS) is 17.4. The van der Waals surface area contributed by atoms with Crippen molar-refractivity contribution in [3.05, 3.63) is 0 Å². The molecular weight excluding hydrogens is 410 g/mol. The summed E-state index contributed by atoms with van der Waals surface area (Å²) in [6, 6.07) is 0. The van der Waals surface area contributed by atoms with Crippen LogP contribution in [0.1, 0.15) is 78.6 Å². The molecule has 0 aromatic carbocycles. The van der Waals surface area contributed by atoms with Crippen molar-refractivity contribution in [2.75, 3.05) is 12.8 Å². The molecule has 0 aliphatic heterocycles. The van der Waals surface area contributed by atoms with Crippen molar-refractivity contribution in [1.82, 2.24) is 4.72 Å². The lowest BCUT2D eigenvalue weighted by Crippen LogP contribution is -2.33. The SMILES string of the molecule is CC(C)(C)OC(=O)CC(CCCC1CCCCC1)C(=O)O/N=C(\N)CNS(C)(=O)=O. The number of carbonyl (C=O) groups excluding carboxylic acids is 2. The molecular formula is C20H37N3O6S. The van der Waals surface area contributed by atoms with Crippen molar-refractivity contribution in [1.29, 1.82) is 0 Å². The summed E-state index contributed by atoms with van der Waals surface area (Å²) in [6.45, 7) is 5.02. The first-order chi connectivity index (χ1) is 13.9. The Morgan fingerprint density at radius 3 is 2.40 bits per heavy atom. The van der Waals surface area contributed by atoms with E-state index < -0.39 is 33.5 Å². The topological polar surface area (TPSA) is 137 Å². The molecule has 0 saturated heterocycles. The van der Waals surface area contributed by atoms with Gasteiger partial charge in [0, 0.05) is 0 Å². The highest BCUT2D eigenvalue weighted by Crippen LogP contribution is 2.29. The summed E-state index contributed by atoms with van der Waals surface area (Å²) in [5.41, 5.74) is 4.92. The molecule has 1 rings (SSSR count). The molecule has 10 heteroatoms. The molecule has 1 unspecified atom stereocenters. The molecule has 0 aromatic rings. The van der Waals surface area contributed by atoms with Crippen LogP contribution in [0, 0.1) is 11.8 Å². The number of hydrogen-bond donors (Lipinski definition) is 2. The lowest BCUT2D eigenvalue weighted by Gasteiger charge is -2.23. The van der Waals surface area contributed by atoms with E-state index in [1.54, 1.807) is 20.8 Å². The highest BCUT2D eigenvalue weighted by Gasteiger charge is 2.27. The van der Waals surface area contributed by atoms with Crippen molar-refractivity contribution >= 4 is 27.8 Å². The van der Waals surface area contributed by atoms with E-state index in [-0.39, 0.29) is 18.8 Å². The number of rotatable bonds is 11. The van der Waals surface area contributed by atoms with E-state index in [1.807, 2.05) is 0 Å². The minimum Gasteiger partial charge on any atom is -0.460 e. The van der Waals surface area contributed by atoms with Crippen molar-refractivity contribution in [2.45, 2.75) is 84.2 Å². The predicted molar refractivity (Wildman–Crippen MR) is 115 cm³/mol.